The maximum atomic E-state index is 12.7. The average molecular weight is 298 g/mol. The molecule has 2 atom stereocenters. The van der Waals surface area contributed by atoms with Gasteiger partial charge >= 0.3 is 5.97 Å². The standard InChI is InChI=1S/C19H22O3/c1-4-13-16(12-8-6-5-7-9-12)17-14(20)10-19(2,3)11-15(17)22-18(13)21/h5-9,13,16H,4,10-11H2,1-3H3/t13-,16-/m1/s1. The monoisotopic (exact) mass is 298 g/mol. The molecule has 3 nitrogen and oxygen atoms in total. The van der Waals surface area contributed by atoms with E-state index in [1.807, 2.05) is 51.1 Å². The highest BCUT2D eigenvalue weighted by Gasteiger charge is 2.46. The average Bonchev–Trinajstić information content (AvgIpc) is 2.45. The van der Waals surface area contributed by atoms with Crippen LogP contribution >= 0.6 is 0 Å². The van der Waals surface area contributed by atoms with Gasteiger partial charge in [-0.25, -0.2) is 0 Å². The van der Waals surface area contributed by atoms with Crippen LogP contribution in [0.1, 0.15) is 51.5 Å². The molecule has 1 heterocycles. The van der Waals surface area contributed by atoms with Crippen LogP contribution in [0.15, 0.2) is 41.7 Å². The predicted molar refractivity (Wildman–Crippen MR) is 84.1 cm³/mol. The van der Waals surface area contributed by atoms with Gasteiger partial charge in [-0.1, -0.05) is 51.1 Å². The fourth-order valence-electron chi connectivity index (χ4n) is 3.71. The van der Waals surface area contributed by atoms with Gasteiger partial charge in [0.1, 0.15) is 5.76 Å². The third-order valence-electron chi connectivity index (χ3n) is 4.72. The minimum absolute atomic E-state index is 0.131. The number of ketones is 1. The first kappa shape index (κ1) is 15.0. The van der Waals surface area contributed by atoms with Gasteiger partial charge in [-0.15, -0.1) is 0 Å². The van der Waals surface area contributed by atoms with E-state index in [1.54, 1.807) is 0 Å². The predicted octanol–water partition coefficient (Wildman–Crippen LogP) is 4.00. The van der Waals surface area contributed by atoms with Crippen LogP contribution in [0.5, 0.6) is 0 Å². The number of esters is 1. The molecule has 1 aromatic carbocycles. The molecule has 3 heteroatoms. The third kappa shape index (κ3) is 2.49. The van der Waals surface area contributed by atoms with Crippen molar-refractivity contribution in [3.8, 4) is 0 Å². The minimum Gasteiger partial charge on any atom is -0.430 e. The Labute approximate surface area is 131 Å². The molecule has 2 aliphatic rings. The number of carbonyl (C=O) groups excluding carboxylic acids is 2. The Balaban J connectivity index is 2.14. The summed E-state index contributed by atoms with van der Waals surface area (Å²) in [7, 11) is 0. The van der Waals surface area contributed by atoms with Crippen molar-refractivity contribution >= 4 is 11.8 Å². The lowest BCUT2D eigenvalue weighted by atomic mass is 9.68. The molecule has 0 bridgehead atoms. The van der Waals surface area contributed by atoms with Gasteiger partial charge in [-0.3, -0.25) is 9.59 Å². The fourth-order valence-corrected chi connectivity index (χ4v) is 3.71. The second-order valence-electron chi connectivity index (χ2n) is 7.10. The zero-order valence-electron chi connectivity index (χ0n) is 13.4. The van der Waals surface area contributed by atoms with Crippen LogP contribution in [0.2, 0.25) is 0 Å². The van der Waals surface area contributed by atoms with E-state index in [1.165, 1.54) is 0 Å². The number of ether oxygens (including phenoxy) is 1. The minimum atomic E-state index is -0.272. The smallest absolute Gasteiger partial charge is 0.314 e. The van der Waals surface area contributed by atoms with Gasteiger partial charge in [-0.2, -0.15) is 0 Å². The molecule has 22 heavy (non-hydrogen) atoms. The second-order valence-corrected chi connectivity index (χ2v) is 7.10. The number of rotatable bonds is 2. The molecule has 0 fully saturated rings. The number of hydrogen-bond acceptors (Lipinski definition) is 3. The maximum absolute atomic E-state index is 12.7. The molecule has 0 saturated carbocycles. The van der Waals surface area contributed by atoms with E-state index in [2.05, 4.69) is 0 Å². The van der Waals surface area contributed by atoms with Crippen molar-refractivity contribution in [2.75, 3.05) is 0 Å². The summed E-state index contributed by atoms with van der Waals surface area (Å²) in [6, 6.07) is 9.87. The van der Waals surface area contributed by atoms with E-state index in [-0.39, 0.29) is 29.0 Å². The third-order valence-corrected chi connectivity index (χ3v) is 4.72. The topological polar surface area (TPSA) is 43.4 Å². The Morgan fingerprint density at radius 1 is 1.14 bits per heavy atom. The van der Waals surface area contributed by atoms with Crippen LogP contribution in [0.3, 0.4) is 0 Å². The van der Waals surface area contributed by atoms with E-state index in [0.717, 1.165) is 11.1 Å². The molecule has 1 aliphatic carbocycles. The SMILES string of the molecule is CC[C@H]1C(=O)OC2=C(C(=O)CC(C)(C)C2)[C@@H]1c1ccccc1. The Morgan fingerprint density at radius 3 is 2.45 bits per heavy atom. The first-order valence-corrected chi connectivity index (χ1v) is 7.96. The molecule has 0 unspecified atom stereocenters. The Morgan fingerprint density at radius 2 is 1.82 bits per heavy atom. The Bertz CT molecular complexity index is 640. The largest absolute Gasteiger partial charge is 0.430 e. The molecular formula is C19H22O3. The number of carbonyl (C=O) groups is 2. The number of Topliss-reactive ketones (excluding diaryl/α,β-unsaturated/α-hetero) is 1. The fraction of sp³-hybridized carbons (Fsp3) is 0.474. The van der Waals surface area contributed by atoms with E-state index in [0.29, 0.717) is 25.0 Å². The zero-order chi connectivity index (χ0) is 15.9. The summed E-state index contributed by atoms with van der Waals surface area (Å²) >= 11 is 0. The summed E-state index contributed by atoms with van der Waals surface area (Å²) in [5.74, 6) is 0.105. The van der Waals surface area contributed by atoms with Crippen LogP contribution in [0.25, 0.3) is 0 Å². The molecule has 0 radical (unpaired) electrons. The summed E-state index contributed by atoms with van der Waals surface area (Å²) in [6.45, 7) is 6.07. The molecule has 0 amide bonds. The summed E-state index contributed by atoms with van der Waals surface area (Å²) in [5, 5.41) is 0. The molecule has 116 valence electrons. The van der Waals surface area contributed by atoms with Crippen molar-refractivity contribution in [1.82, 2.24) is 0 Å². The lowest BCUT2D eigenvalue weighted by Gasteiger charge is -2.39. The number of benzene rings is 1. The summed E-state index contributed by atoms with van der Waals surface area (Å²) in [4.78, 5) is 25.2. The van der Waals surface area contributed by atoms with Gasteiger partial charge in [0.2, 0.25) is 0 Å². The van der Waals surface area contributed by atoms with Crippen LogP contribution in [0, 0.1) is 11.3 Å². The summed E-state index contributed by atoms with van der Waals surface area (Å²) < 4.78 is 5.57. The van der Waals surface area contributed by atoms with Crippen molar-refractivity contribution in [3.05, 3.63) is 47.2 Å². The van der Waals surface area contributed by atoms with Crippen LogP contribution in [-0.4, -0.2) is 11.8 Å². The lowest BCUT2D eigenvalue weighted by Crippen LogP contribution is -2.38. The van der Waals surface area contributed by atoms with Crippen molar-refractivity contribution in [3.63, 3.8) is 0 Å². The molecule has 0 N–H and O–H groups in total. The van der Waals surface area contributed by atoms with Crippen molar-refractivity contribution < 1.29 is 14.3 Å². The maximum Gasteiger partial charge on any atom is 0.314 e. The lowest BCUT2D eigenvalue weighted by molar-refractivity contribution is -0.148. The highest BCUT2D eigenvalue weighted by atomic mass is 16.5. The van der Waals surface area contributed by atoms with Gasteiger partial charge in [0.15, 0.2) is 5.78 Å². The second kappa shape index (κ2) is 5.38. The molecule has 3 rings (SSSR count). The van der Waals surface area contributed by atoms with Crippen LogP contribution < -0.4 is 0 Å². The number of allylic oxidation sites excluding steroid dienone is 2. The van der Waals surface area contributed by atoms with E-state index >= 15 is 0 Å². The van der Waals surface area contributed by atoms with Gasteiger partial charge in [0.05, 0.1) is 5.92 Å². The van der Waals surface area contributed by atoms with E-state index in [4.69, 9.17) is 4.74 Å². The normalized spacial score (nSPS) is 27.4. The molecule has 1 aromatic rings. The van der Waals surface area contributed by atoms with Crippen LogP contribution in [-0.2, 0) is 14.3 Å². The first-order valence-electron chi connectivity index (χ1n) is 7.96. The zero-order valence-corrected chi connectivity index (χ0v) is 13.4. The molecule has 1 aliphatic heterocycles. The molecular weight excluding hydrogens is 276 g/mol. The number of hydrogen-bond donors (Lipinski definition) is 0. The van der Waals surface area contributed by atoms with Crippen molar-refractivity contribution in [2.45, 2.75) is 46.0 Å². The van der Waals surface area contributed by atoms with E-state index in [9.17, 15) is 9.59 Å². The summed E-state index contributed by atoms with van der Waals surface area (Å²) in [5.41, 5.74) is 1.62. The highest BCUT2D eigenvalue weighted by molar-refractivity contribution is 6.01. The molecule has 0 spiro atoms. The Hall–Kier alpha value is -1.90. The molecule has 0 aromatic heterocycles. The van der Waals surface area contributed by atoms with Gasteiger partial charge in [0.25, 0.3) is 0 Å². The van der Waals surface area contributed by atoms with E-state index < -0.39 is 0 Å². The first-order chi connectivity index (χ1) is 10.4. The Kier molecular flexibility index (Phi) is 3.67. The van der Waals surface area contributed by atoms with Gasteiger partial charge in [-0.05, 0) is 17.4 Å². The van der Waals surface area contributed by atoms with Gasteiger partial charge in [0, 0.05) is 24.3 Å². The summed E-state index contributed by atoms with van der Waals surface area (Å²) in [6.07, 6.45) is 1.84. The molecule has 0 saturated heterocycles. The quantitative estimate of drug-likeness (QED) is 0.775. The van der Waals surface area contributed by atoms with Gasteiger partial charge < -0.3 is 4.74 Å². The highest BCUT2D eigenvalue weighted by Crippen LogP contribution is 2.48. The van der Waals surface area contributed by atoms with Crippen molar-refractivity contribution in [2.24, 2.45) is 11.3 Å². The van der Waals surface area contributed by atoms with Crippen LogP contribution in [0.4, 0.5) is 0 Å². The van der Waals surface area contributed by atoms with Crippen molar-refractivity contribution in [1.29, 1.82) is 0 Å².